The second-order valence-corrected chi connectivity index (χ2v) is 9.80. The van der Waals surface area contributed by atoms with Crippen LogP contribution in [0.25, 0.3) is 0 Å². The molecule has 2 aliphatic rings. The Labute approximate surface area is 159 Å². The van der Waals surface area contributed by atoms with Gasteiger partial charge in [-0.3, -0.25) is 4.79 Å². The number of carbonyl (C=O) groups is 1. The van der Waals surface area contributed by atoms with E-state index < -0.39 is 32.6 Å². The third-order valence-corrected chi connectivity index (χ3v) is 8.15. The van der Waals surface area contributed by atoms with Crippen molar-refractivity contribution < 1.29 is 17.9 Å². The highest BCUT2D eigenvalue weighted by molar-refractivity contribution is 7.92. The molecule has 142 valence electrons. The lowest BCUT2D eigenvalue weighted by Gasteiger charge is -2.51. The van der Waals surface area contributed by atoms with Gasteiger partial charge in [-0.25, -0.2) is 8.42 Å². The topological polar surface area (TPSA) is 63.7 Å². The van der Waals surface area contributed by atoms with Crippen molar-refractivity contribution in [2.75, 3.05) is 7.05 Å². The number of nitrogens with zero attached hydrogens (tertiary/aromatic N) is 1. The maximum Gasteiger partial charge on any atom is 0.244 e. The molecule has 0 spiro atoms. The fraction of sp³-hybridized carbons (Fsp3) is 0.381. The predicted octanol–water partition coefficient (Wildman–Crippen LogP) is 3.20. The summed E-state index contributed by atoms with van der Waals surface area (Å²) in [6.45, 7) is 5.65. The van der Waals surface area contributed by atoms with Crippen LogP contribution in [0.4, 0.5) is 0 Å². The van der Waals surface area contributed by atoms with Crippen molar-refractivity contribution in [2.24, 2.45) is 0 Å². The van der Waals surface area contributed by atoms with Crippen molar-refractivity contribution >= 4 is 15.7 Å². The number of hydrogen-bond acceptors (Lipinski definition) is 4. The minimum absolute atomic E-state index is 0.199. The van der Waals surface area contributed by atoms with Crippen LogP contribution in [0.2, 0.25) is 0 Å². The van der Waals surface area contributed by atoms with Gasteiger partial charge in [-0.05, 0) is 55.7 Å². The Morgan fingerprint density at radius 3 is 2.52 bits per heavy atom. The van der Waals surface area contributed by atoms with E-state index in [0.717, 1.165) is 16.7 Å². The highest BCUT2D eigenvalue weighted by Gasteiger charge is 2.56. The number of likely N-dealkylation sites (tertiary alicyclic amines) is 1. The lowest BCUT2D eigenvalue weighted by molar-refractivity contribution is -0.159. The van der Waals surface area contributed by atoms with Crippen LogP contribution in [0.1, 0.15) is 36.0 Å². The zero-order valence-corrected chi connectivity index (χ0v) is 16.7. The van der Waals surface area contributed by atoms with E-state index in [4.69, 9.17) is 4.74 Å². The first kappa shape index (κ1) is 18.0. The Bertz CT molecular complexity index is 1050. The van der Waals surface area contributed by atoms with Gasteiger partial charge in [0.1, 0.15) is 5.75 Å². The standard InChI is InChI=1S/C21H23NO4S/c1-13-9-10-15(11-14(13)2)27(24,25)19-17-12-21(3,22(4)20(19)23)26-18-8-6-5-7-16(17)18/h5-11,17,19H,12H2,1-4H3/t17-,19-,21-/m0/s1. The van der Waals surface area contributed by atoms with E-state index in [2.05, 4.69) is 0 Å². The first-order valence-corrected chi connectivity index (χ1v) is 10.6. The summed E-state index contributed by atoms with van der Waals surface area (Å²) in [4.78, 5) is 14.8. The second-order valence-electron chi connectivity index (χ2n) is 7.73. The van der Waals surface area contributed by atoms with Gasteiger partial charge in [-0.2, -0.15) is 0 Å². The van der Waals surface area contributed by atoms with Crippen molar-refractivity contribution in [2.45, 2.75) is 49.0 Å². The van der Waals surface area contributed by atoms with E-state index >= 15 is 0 Å². The highest BCUT2D eigenvalue weighted by Crippen LogP contribution is 2.49. The van der Waals surface area contributed by atoms with E-state index in [0.29, 0.717) is 12.2 Å². The summed E-state index contributed by atoms with van der Waals surface area (Å²) in [5, 5.41) is -1.15. The average Bonchev–Trinajstić information content (AvgIpc) is 2.62. The second kappa shape index (κ2) is 5.83. The van der Waals surface area contributed by atoms with Crippen LogP contribution >= 0.6 is 0 Å². The van der Waals surface area contributed by atoms with Gasteiger partial charge in [0.2, 0.25) is 5.91 Å². The van der Waals surface area contributed by atoms with Gasteiger partial charge in [0.15, 0.2) is 20.8 Å². The van der Waals surface area contributed by atoms with Crippen molar-refractivity contribution in [1.82, 2.24) is 4.90 Å². The minimum atomic E-state index is -3.85. The number of para-hydroxylation sites is 1. The van der Waals surface area contributed by atoms with Crippen molar-refractivity contribution in [1.29, 1.82) is 0 Å². The van der Waals surface area contributed by atoms with Gasteiger partial charge in [-0.1, -0.05) is 24.3 Å². The Hall–Kier alpha value is -2.34. The molecule has 27 heavy (non-hydrogen) atoms. The number of hydrogen-bond donors (Lipinski definition) is 0. The number of rotatable bonds is 2. The molecular formula is C21H23NO4S. The first-order chi connectivity index (χ1) is 12.6. The van der Waals surface area contributed by atoms with E-state index in [-0.39, 0.29) is 4.90 Å². The van der Waals surface area contributed by atoms with Gasteiger partial charge < -0.3 is 9.64 Å². The summed E-state index contributed by atoms with van der Waals surface area (Å²) >= 11 is 0. The normalized spacial score (nSPS) is 27.1. The summed E-state index contributed by atoms with van der Waals surface area (Å²) in [6.07, 6.45) is 0.445. The summed E-state index contributed by atoms with van der Waals surface area (Å²) in [7, 11) is -2.23. The highest BCUT2D eigenvalue weighted by atomic mass is 32.2. The molecule has 0 radical (unpaired) electrons. The van der Waals surface area contributed by atoms with Gasteiger partial charge in [-0.15, -0.1) is 0 Å². The molecule has 0 aliphatic carbocycles. The van der Waals surface area contributed by atoms with Gasteiger partial charge in [0.25, 0.3) is 0 Å². The molecule has 2 bridgehead atoms. The van der Waals surface area contributed by atoms with Crippen molar-refractivity contribution in [3.8, 4) is 5.75 Å². The summed E-state index contributed by atoms with van der Waals surface area (Å²) in [5.74, 6) is -0.201. The molecule has 0 N–H and O–H groups in total. The van der Waals surface area contributed by atoms with Crippen LogP contribution < -0.4 is 4.74 Å². The molecular weight excluding hydrogens is 362 g/mol. The number of ether oxygens (including phenoxy) is 1. The molecule has 1 fully saturated rings. The molecule has 2 aromatic rings. The number of sulfone groups is 1. The fourth-order valence-corrected chi connectivity index (χ4v) is 6.13. The Morgan fingerprint density at radius 2 is 1.81 bits per heavy atom. The third kappa shape index (κ3) is 2.57. The SMILES string of the molecule is Cc1ccc(S(=O)(=O)[C@@H]2C(=O)N(C)[C@]3(C)C[C@H]2c2ccccc2O3)cc1C. The van der Waals surface area contributed by atoms with Crippen LogP contribution in [-0.4, -0.2) is 37.2 Å². The van der Waals surface area contributed by atoms with Gasteiger partial charge >= 0.3 is 0 Å². The van der Waals surface area contributed by atoms with Crippen LogP contribution in [0, 0.1) is 13.8 Å². The number of aryl methyl sites for hydroxylation is 2. The number of carbonyl (C=O) groups excluding carboxylic acids is 1. The molecule has 0 saturated carbocycles. The van der Waals surface area contributed by atoms with E-state index in [1.807, 2.05) is 45.0 Å². The van der Waals surface area contributed by atoms with Crippen LogP contribution in [-0.2, 0) is 14.6 Å². The molecule has 1 saturated heterocycles. The molecule has 4 rings (SSSR count). The fourth-order valence-electron chi connectivity index (χ4n) is 4.13. The molecule has 2 heterocycles. The maximum absolute atomic E-state index is 13.5. The van der Waals surface area contributed by atoms with E-state index in [9.17, 15) is 13.2 Å². The molecule has 2 aromatic carbocycles. The number of fused-ring (bicyclic) bond motifs is 4. The predicted molar refractivity (Wildman–Crippen MR) is 102 cm³/mol. The van der Waals surface area contributed by atoms with Crippen molar-refractivity contribution in [3.05, 3.63) is 59.2 Å². The molecule has 6 heteroatoms. The van der Waals surface area contributed by atoms with Crippen LogP contribution in [0.5, 0.6) is 5.75 Å². The maximum atomic E-state index is 13.5. The first-order valence-electron chi connectivity index (χ1n) is 9.02. The molecule has 1 amide bonds. The summed E-state index contributed by atoms with van der Waals surface area (Å²) in [5.41, 5.74) is 1.86. The average molecular weight is 385 g/mol. The van der Waals surface area contributed by atoms with Gasteiger partial charge in [0, 0.05) is 19.4 Å². The van der Waals surface area contributed by atoms with Crippen LogP contribution in [0.15, 0.2) is 47.4 Å². The van der Waals surface area contributed by atoms with E-state index in [1.165, 1.54) is 4.90 Å². The molecule has 5 nitrogen and oxygen atoms in total. The molecule has 0 unspecified atom stereocenters. The molecule has 3 atom stereocenters. The quantitative estimate of drug-likeness (QED) is 0.796. The zero-order valence-electron chi connectivity index (χ0n) is 15.9. The Morgan fingerprint density at radius 1 is 1.11 bits per heavy atom. The summed E-state index contributed by atoms with van der Waals surface area (Å²) in [6, 6.07) is 12.5. The number of benzene rings is 2. The lowest BCUT2D eigenvalue weighted by Crippen LogP contribution is -2.64. The van der Waals surface area contributed by atoms with Gasteiger partial charge in [0.05, 0.1) is 4.90 Å². The zero-order chi connectivity index (χ0) is 19.6. The Balaban J connectivity index is 1.89. The van der Waals surface area contributed by atoms with E-state index in [1.54, 1.807) is 25.2 Å². The Kier molecular flexibility index (Phi) is 3.89. The largest absolute Gasteiger partial charge is 0.468 e. The summed E-state index contributed by atoms with van der Waals surface area (Å²) < 4.78 is 33.1. The number of piperidine rings is 1. The van der Waals surface area contributed by atoms with Crippen LogP contribution in [0.3, 0.4) is 0 Å². The molecule has 2 aliphatic heterocycles. The molecule has 0 aromatic heterocycles. The van der Waals surface area contributed by atoms with Crippen molar-refractivity contribution in [3.63, 3.8) is 0 Å². The number of amides is 1. The minimum Gasteiger partial charge on any atom is -0.468 e. The third-order valence-electron chi connectivity index (χ3n) is 6.04. The lowest BCUT2D eigenvalue weighted by atomic mass is 9.80. The monoisotopic (exact) mass is 385 g/mol. The smallest absolute Gasteiger partial charge is 0.244 e.